The second-order valence-electron chi connectivity index (χ2n) is 12.0. The summed E-state index contributed by atoms with van der Waals surface area (Å²) < 4.78 is 31.3. The van der Waals surface area contributed by atoms with E-state index in [1.165, 1.54) is 22.5 Å². The Morgan fingerprint density at radius 1 is 1.03 bits per heavy atom. The lowest BCUT2D eigenvalue weighted by molar-refractivity contribution is 0.0542. The number of benzene rings is 1. The average Bonchev–Trinajstić information content (AvgIpc) is 2.91. The second kappa shape index (κ2) is 11.9. The highest BCUT2D eigenvalue weighted by Gasteiger charge is 2.33. The number of nitrogens with zero attached hydrogens (tertiary/aromatic N) is 5. The van der Waals surface area contributed by atoms with Gasteiger partial charge in [-0.2, -0.15) is 0 Å². The van der Waals surface area contributed by atoms with Crippen molar-refractivity contribution in [3.05, 3.63) is 53.0 Å². The maximum absolute atomic E-state index is 13.4. The van der Waals surface area contributed by atoms with Crippen LogP contribution in [0, 0.1) is 6.92 Å². The zero-order valence-corrected chi connectivity index (χ0v) is 25.0. The van der Waals surface area contributed by atoms with E-state index in [-0.39, 0.29) is 17.4 Å². The van der Waals surface area contributed by atoms with Crippen LogP contribution in [0.3, 0.4) is 0 Å². The van der Waals surface area contributed by atoms with Crippen LogP contribution in [-0.4, -0.2) is 90.0 Å². The molecule has 0 radical (unpaired) electrons. The monoisotopic (exact) mass is 557 g/mol. The van der Waals surface area contributed by atoms with Crippen LogP contribution in [-0.2, 0) is 22.0 Å². The van der Waals surface area contributed by atoms with Crippen LogP contribution in [0.2, 0.25) is 0 Å². The van der Waals surface area contributed by atoms with Crippen molar-refractivity contribution >= 4 is 15.9 Å². The summed E-state index contributed by atoms with van der Waals surface area (Å²) in [4.78, 5) is 26.3. The van der Waals surface area contributed by atoms with Crippen LogP contribution in [0.5, 0.6) is 5.88 Å². The van der Waals surface area contributed by atoms with Gasteiger partial charge < -0.3 is 14.5 Å². The number of amides is 1. The van der Waals surface area contributed by atoms with Crippen LogP contribution in [0.4, 0.5) is 0 Å². The molecule has 2 aliphatic rings. The first kappa shape index (κ1) is 29.4. The Balaban J connectivity index is 1.30. The first-order chi connectivity index (χ1) is 18.3. The molecule has 0 bridgehead atoms. The van der Waals surface area contributed by atoms with E-state index in [9.17, 15) is 13.2 Å². The fourth-order valence-electron chi connectivity index (χ4n) is 5.52. The first-order valence-electron chi connectivity index (χ1n) is 13.8. The number of piperidine rings is 2. The summed E-state index contributed by atoms with van der Waals surface area (Å²) in [7, 11) is -1.49. The third kappa shape index (κ3) is 7.15. The molecule has 9 nitrogen and oxygen atoms in total. The lowest BCUT2D eigenvalue weighted by atomic mass is 9.87. The number of carbonyl (C=O) groups excluding carboxylic acids is 1. The highest BCUT2D eigenvalue weighted by atomic mass is 32.2. The van der Waals surface area contributed by atoms with E-state index >= 15 is 0 Å². The standard InChI is InChI=1S/C29H43N5O4S/c1-21-26(30-20-31-27(21)38-19-22-7-9-23(10-8-22)29(2,3)4)28(35)34-17-13-25(14-18-34)33-15-11-24(12-16-33)32(5)39(6,36)37/h7-10,20,24-25H,11-19H2,1-6H3. The summed E-state index contributed by atoms with van der Waals surface area (Å²) in [5.41, 5.74) is 3.47. The minimum atomic E-state index is -3.17. The fourth-order valence-corrected chi connectivity index (χ4v) is 6.27. The molecule has 10 heteroatoms. The van der Waals surface area contributed by atoms with E-state index in [0.29, 0.717) is 42.9 Å². The van der Waals surface area contributed by atoms with Crippen LogP contribution in [0.15, 0.2) is 30.6 Å². The predicted octanol–water partition coefficient (Wildman–Crippen LogP) is 3.62. The molecule has 0 N–H and O–H groups in total. The highest BCUT2D eigenvalue weighted by molar-refractivity contribution is 7.88. The number of hydrogen-bond donors (Lipinski definition) is 0. The van der Waals surface area contributed by atoms with Gasteiger partial charge in [0.05, 0.1) is 6.26 Å². The Hall–Kier alpha value is -2.56. The molecule has 4 rings (SSSR count). The maximum atomic E-state index is 13.4. The van der Waals surface area contributed by atoms with Gasteiger partial charge in [-0.1, -0.05) is 45.0 Å². The van der Waals surface area contributed by atoms with Crippen LogP contribution in [0.25, 0.3) is 0 Å². The molecule has 214 valence electrons. The molecule has 2 aliphatic heterocycles. The zero-order valence-electron chi connectivity index (χ0n) is 24.2. The van der Waals surface area contributed by atoms with Gasteiger partial charge >= 0.3 is 0 Å². The van der Waals surface area contributed by atoms with Crippen molar-refractivity contribution < 1.29 is 17.9 Å². The Kier molecular flexibility index (Phi) is 8.98. The van der Waals surface area contributed by atoms with Gasteiger partial charge in [0, 0.05) is 37.8 Å². The van der Waals surface area contributed by atoms with Gasteiger partial charge in [0.25, 0.3) is 5.91 Å². The molecule has 1 aromatic carbocycles. The Labute approximate surface area is 233 Å². The third-order valence-corrected chi connectivity index (χ3v) is 9.58. The van der Waals surface area contributed by atoms with Crippen molar-refractivity contribution in [3.63, 3.8) is 0 Å². The number of aromatic nitrogens is 2. The third-order valence-electron chi connectivity index (χ3n) is 8.24. The molecule has 2 saturated heterocycles. The van der Waals surface area contributed by atoms with Gasteiger partial charge in [-0.25, -0.2) is 22.7 Å². The summed E-state index contributed by atoms with van der Waals surface area (Å²) >= 11 is 0. The van der Waals surface area contributed by atoms with Crippen molar-refractivity contribution in [2.75, 3.05) is 39.5 Å². The fraction of sp³-hybridized carbons (Fsp3) is 0.621. The number of sulfonamides is 1. The van der Waals surface area contributed by atoms with Crippen LogP contribution in [0.1, 0.15) is 73.6 Å². The Morgan fingerprint density at radius 3 is 2.21 bits per heavy atom. The summed E-state index contributed by atoms with van der Waals surface area (Å²) in [6.07, 6.45) is 6.15. The summed E-state index contributed by atoms with van der Waals surface area (Å²) in [6.45, 7) is 11.9. The number of carbonyl (C=O) groups is 1. The molecule has 0 unspecified atom stereocenters. The van der Waals surface area contributed by atoms with Crippen molar-refractivity contribution in [3.8, 4) is 5.88 Å². The Bertz CT molecular complexity index is 1240. The molecule has 1 aromatic heterocycles. The average molecular weight is 558 g/mol. The van der Waals surface area contributed by atoms with Crippen molar-refractivity contribution in [2.24, 2.45) is 0 Å². The normalized spacial score (nSPS) is 18.5. The molecular weight excluding hydrogens is 514 g/mol. The molecule has 3 heterocycles. The van der Waals surface area contributed by atoms with E-state index in [1.807, 2.05) is 11.8 Å². The van der Waals surface area contributed by atoms with Crippen molar-refractivity contribution in [2.45, 2.75) is 77.5 Å². The van der Waals surface area contributed by atoms with Crippen LogP contribution >= 0.6 is 0 Å². The van der Waals surface area contributed by atoms with Gasteiger partial charge in [-0.05, 0) is 62.2 Å². The number of ether oxygens (including phenoxy) is 1. The second-order valence-corrected chi connectivity index (χ2v) is 14.0. The van der Waals surface area contributed by atoms with E-state index < -0.39 is 10.0 Å². The van der Waals surface area contributed by atoms with Gasteiger partial charge in [-0.15, -0.1) is 0 Å². The minimum Gasteiger partial charge on any atom is -0.473 e. The Morgan fingerprint density at radius 2 is 1.64 bits per heavy atom. The van der Waals surface area contributed by atoms with Crippen molar-refractivity contribution in [1.29, 1.82) is 0 Å². The van der Waals surface area contributed by atoms with E-state index in [1.54, 1.807) is 7.05 Å². The van der Waals surface area contributed by atoms with E-state index in [2.05, 4.69) is 59.9 Å². The molecule has 2 fully saturated rings. The zero-order chi connectivity index (χ0) is 28.4. The summed E-state index contributed by atoms with van der Waals surface area (Å²) in [5.74, 6) is 0.353. The summed E-state index contributed by atoms with van der Waals surface area (Å²) in [6, 6.07) is 8.87. The van der Waals surface area contributed by atoms with Gasteiger partial charge in [0.2, 0.25) is 15.9 Å². The topological polar surface area (TPSA) is 95.9 Å². The molecule has 0 aliphatic carbocycles. The largest absolute Gasteiger partial charge is 0.473 e. The SMILES string of the molecule is Cc1c(OCc2ccc(C(C)(C)C)cc2)ncnc1C(=O)N1CCC(N2CCC(N(C)S(C)(=O)=O)CC2)CC1. The van der Waals surface area contributed by atoms with E-state index in [0.717, 1.165) is 44.3 Å². The number of rotatable bonds is 7. The van der Waals surface area contributed by atoms with E-state index in [4.69, 9.17) is 4.74 Å². The molecule has 0 atom stereocenters. The maximum Gasteiger partial charge on any atom is 0.272 e. The number of likely N-dealkylation sites (tertiary alicyclic amines) is 2. The molecule has 1 amide bonds. The molecule has 0 saturated carbocycles. The minimum absolute atomic E-state index is 0.0675. The highest BCUT2D eigenvalue weighted by Crippen LogP contribution is 2.26. The first-order valence-corrected chi connectivity index (χ1v) is 15.7. The lowest BCUT2D eigenvalue weighted by Crippen LogP contribution is -2.52. The quantitative estimate of drug-likeness (QED) is 0.513. The lowest BCUT2D eigenvalue weighted by Gasteiger charge is -2.43. The molecule has 0 spiro atoms. The van der Waals surface area contributed by atoms with Crippen molar-refractivity contribution in [1.82, 2.24) is 24.1 Å². The predicted molar refractivity (Wildman–Crippen MR) is 152 cm³/mol. The van der Waals surface area contributed by atoms with Crippen LogP contribution < -0.4 is 4.74 Å². The molecule has 39 heavy (non-hydrogen) atoms. The summed E-state index contributed by atoms with van der Waals surface area (Å²) in [5, 5.41) is 0. The molecular formula is C29H43N5O4S. The van der Waals surface area contributed by atoms with Gasteiger partial charge in [0.15, 0.2) is 0 Å². The van der Waals surface area contributed by atoms with Gasteiger partial charge in [-0.3, -0.25) is 4.79 Å². The molecule has 2 aromatic rings. The smallest absolute Gasteiger partial charge is 0.272 e. The van der Waals surface area contributed by atoms with Gasteiger partial charge in [0.1, 0.15) is 18.6 Å². The number of hydrogen-bond acceptors (Lipinski definition) is 7.